The molecule has 1 aromatic rings. The van der Waals surface area contributed by atoms with E-state index in [2.05, 4.69) is 4.72 Å². The highest BCUT2D eigenvalue weighted by Crippen LogP contribution is 2.23. The van der Waals surface area contributed by atoms with Gasteiger partial charge in [-0.1, -0.05) is 43.1 Å². The second-order valence-electron chi connectivity index (χ2n) is 4.25. The van der Waals surface area contributed by atoms with Crippen LogP contribution in [0.25, 0.3) is 0 Å². The summed E-state index contributed by atoms with van der Waals surface area (Å²) in [5.74, 6) is 0.190. The van der Waals surface area contributed by atoms with E-state index in [-0.39, 0.29) is 11.7 Å². The molecule has 6 heteroatoms. The molecule has 0 atom stereocenters. The Morgan fingerprint density at radius 1 is 1.24 bits per heavy atom. The van der Waals surface area contributed by atoms with E-state index in [4.69, 9.17) is 23.2 Å². The van der Waals surface area contributed by atoms with Crippen molar-refractivity contribution in [3.8, 4) is 0 Å². The van der Waals surface area contributed by atoms with Gasteiger partial charge in [0.05, 0.1) is 15.8 Å². The summed E-state index contributed by atoms with van der Waals surface area (Å²) in [6.07, 6.45) is 0. The van der Waals surface area contributed by atoms with Crippen molar-refractivity contribution in [1.82, 2.24) is 4.72 Å². The Kier molecular flexibility index (Phi) is 5.25. The lowest BCUT2D eigenvalue weighted by Gasteiger charge is -2.09. The van der Waals surface area contributed by atoms with Gasteiger partial charge in [-0.2, -0.15) is 0 Å². The first kappa shape index (κ1) is 14.8. The van der Waals surface area contributed by atoms with Crippen LogP contribution < -0.4 is 4.72 Å². The molecule has 0 saturated heterocycles. The molecule has 0 unspecified atom stereocenters. The van der Waals surface area contributed by atoms with Gasteiger partial charge in [0.2, 0.25) is 10.0 Å². The lowest BCUT2D eigenvalue weighted by Crippen LogP contribution is -2.28. The fraction of sp³-hybridized carbons (Fsp3) is 0.455. The maximum atomic E-state index is 11.7. The van der Waals surface area contributed by atoms with Gasteiger partial charge in [0.1, 0.15) is 0 Å². The minimum atomic E-state index is -3.31. The Hall–Kier alpha value is -0.290. The lowest BCUT2D eigenvalue weighted by molar-refractivity contribution is 0.559. The molecule has 96 valence electrons. The van der Waals surface area contributed by atoms with Gasteiger partial charge in [0.25, 0.3) is 0 Å². The smallest absolute Gasteiger partial charge is 0.215 e. The Labute approximate surface area is 112 Å². The van der Waals surface area contributed by atoms with Crippen LogP contribution in [0.2, 0.25) is 10.0 Å². The second-order valence-corrected chi connectivity index (χ2v) is 6.87. The van der Waals surface area contributed by atoms with Crippen molar-refractivity contribution in [3.05, 3.63) is 33.8 Å². The van der Waals surface area contributed by atoms with Crippen LogP contribution in [0.1, 0.15) is 19.4 Å². The summed E-state index contributed by atoms with van der Waals surface area (Å²) in [5.41, 5.74) is 0.621. The highest BCUT2D eigenvalue weighted by atomic mass is 35.5. The molecule has 0 heterocycles. The molecule has 0 aliphatic heterocycles. The van der Waals surface area contributed by atoms with Crippen molar-refractivity contribution >= 4 is 33.2 Å². The molecule has 0 bridgehead atoms. The van der Waals surface area contributed by atoms with Crippen molar-refractivity contribution in [2.75, 3.05) is 6.54 Å². The molecule has 0 aliphatic carbocycles. The minimum absolute atomic E-state index is 0.0867. The first-order valence-corrected chi connectivity index (χ1v) is 7.62. The van der Waals surface area contributed by atoms with Crippen molar-refractivity contribution in [2.45, 2.75) is 19.6 Å². The molecule has 1 N–H and O–H groups in total. The quantitative estimate of drug-likeness (QED) is 0.907. The molecule has 1 rings (SSSR count). The number of sulfonamides is 1. The van der Waals surface area contributed by atoms with Crippen LogP contribution in [-0.2, 0) is 15.8 Å². The molecule has 0 aromatic heterocycles. The number of rotatable bonds is 5. The highest BCUT2D eigenvalue weighted by molar-refractivity contribution is 7.88. The number of nitrogens with one attached hydrogen (secondary N) is 1. The summed E-state index contributed by atoms with van der Waals surface area (Å²) in [6.45, 7) is 4.33. The Morgan fingerprint density at radius 3 is 2.41 bits per heavy atom. The third-order valence-corrected chi connectivity index (χ3v) is 4.11. The summed E-state index contributed by atoms with van der Waals surface area (Å²) < 4.78 is 26.0. The van der Waals surface area contributed by atoms with E-state index in [1.165, 1.54) is 0 Å². The summed E-state index contributed by atoms with van der Waals surface area (Å²) >= 11 is 11.6. The van der Waals surface area contributed by atoms with E-state index < -0.39 is 10.0 Å². The van der Waals surface area contributed by atoms with Gasteiger partial charge in [0, 0.05) is 6.54 Å². The SMILES string of the molecule is CC(C)CNS(=O)(=O)Cc1ccc(Cl)c(Cl)c1. The van der Waals surface area contributed by atoms with Gasteiger partial charge < -0.3 is 0 Å². The predicted octanol–water partition coefficient (Wildman–Crippen LogP) is 3.07. The predicted molar refractivity (Wildman–Crippen MR) is 71.9 cm³/mol. The molecule has 0 spiro atoms. The molecule has 0 amide bonds. The van der Waals surface area contributed by atoms with Crippen LogP contribution in [0.5, 0.6) is 0 Å². The average molecular weight is 296 g/mol. The summed E-state index contributed by atoms with van der Waals surface area (Å²) in [6, 6.07) is 4.82. The van der Waals surface area contributed by atoms with E-state index >= 15 is 0 Å². The normalized spacial score (nSPS) is 12.1. The maximum absolute atomic E-state index is 11.7. The summed E-state index contributed by atoms with van der Waals surface area (Å²) in [7, 11) is -3.31. The van der Waals surface area contributed by atoms with Crippen molar-refractivity contribution in [1.29, 1.82) is 0 Å². The number of benzene rings is 1. The first-order valence-electron chi connectivity index (χ1n) is 5.21. The van der Waals surface area contributed by atoms with Gasteiger partial charge in [-0.3, -0.25) is 0 Å². The van der Waals surface area contributed by atoms with Gasteiger partial charge in [0.15, 0.2) is 0 Å². The Balaban J connectivity index is 2.73. The van der Waals surface area contributed by atoms with Crippen molar-refractivity contribution < 1.29 is 8.42 Å². The van der Waals surface area contributed by atoms with Gasteiger partial charge in [-0.05, 0) is 23.6 Å². The topological polar surface area (TPSA) is 46.2 Å². The second kappa shape index (κ2) is 6.05. The zero-order valence-corrected chi connectivity index (χ0v) is 12.0. The number of halogens is 2. The average Bonchev–Trinajstić information content (AvgIpc) is 2.21. The zero-order chi connectivity index (χ0) is 13.1. The van der Waals surface area contributed by atoms with Crippen LogP contribution in [0, 0.1) is 5.92 Å². The van der Waals surface area contributed by atoms with E-state index in [1.54, 1.807) is 18.2 Å². The molecule has 3 nitrogen and oxygen atoms in total. The third-order valence-electron chi connectivity index (χ3n) is 2.05. The number of hydrogen-bond acceptors (Lipinski definition) is 2. The van der Waals surface area contributed by atoms with Crippen molar-refractivity contribution in [2.24, 2.45) is 5.92 Å². The molecule has 0 radical (unpaired) electrons. The van der Waals surface area contributed by atoms with Crippen molar-refractivity contribution in [3.63, 3.8) is 0 Å². The van der Waals surface area contributed by atoms with Gasteiger partial charge >= 0.3 is 0 Å². The van der Waals surface area contributed by atoms with Crippen LogP contribution in [0.3, 0.4) is 0 Å². The molecule has 1 aromatic carbocycles. The first-order chi connectivity index (χ1) is 7.80. The number of hydrogen-bond donors (Lipinski definition) is 1. The molecule has 0 saturated carbocycles. The summed E-state index contributed by atoms with van der Waals surface area (Å²) in [4.78, 5) is 0. The molecule has 0 fully saturated rings. The van der Waals surface area contributed by atoms with Crippen LogP contribution >= 0.6 is 23.2 Å². The molecule has 17 heavy (non-hydrogen) atoms. The lowest BCUT2D eigenvalue weighted by atomic mass is 10.2. The van der Waals surface area contributed by atoms with Crippen LogP contribution in [0.4, 0.5) is 0 Å². The third kappa shape index (κ3) is 5.25. The largest absolute Gasteiger partial charge is 0.215 e. The standard InChI is InChI=1S/C11H15Cl2NO2S/c1-8(2)6-14-17(15,16)7-9-3-4-10(12)11(13)5-9/h3-5,8,14H,6-7H2,1-2H3. The van der Waals surface area contributed by atoms with Gasteiger partial charge in [-0.15, -0.1) is 0 Å². The zero-order valence-electron chi connectivity index (χ0n) is 9.70. The fourth-order valence-electron chi connectivity index (χ4n) is 1.19. The minimum Gasteiger partial charge on any atom is -0.215 e. The fourth-order valence-corrected chi connectivity index (χ4v) is 2.82. The van der Waals surface area contributed by atoms with E-state index in [9.17, 15) is 8.42 Å². The van der Waals surface area contributed by atoms with E-state index in [0.29, 0.717) is 22.2 Å². The molecular formula is C11H15Cl2NO2S. The highest BCUT2D eigenvalue weighted by Gasteiger charge is 2.12. The Bertz CT molecular complexity index is 486. The Morgan fingerprint density at radius 2 is 1.88 bits per heavy atom. The maximum Gasteiger partial charge on any atom is 0.215 e. The molecular weight excluding hydrogens is 281 g/mol. The van der Waals surface area contributed by atoms with Crippen LogP contribution in [0.15, 0.2) is 18.2 Å². The monoisotopic (exact) mass is 295 g/mol. The molecule has 0 aliphatic rings. The van der Waals surface area contributed by atoms with Crippen LogP contribution in [-0.4, -0.2) is 15.0 Å². The summed E-state index contributed by atoms with van der Waals surface area (Å²) in [5, 5.41) is 0.784. The van der Waals surface area contributed by atoms with E-state index in [0.717, 1.165) is 0 Å². The van der Waals surface area contributed by atoms with Gasteiger partial charge in [-0.25, -0.2) is 13.1 Å². The van der Waals surface area contributed by atoms with E-state index in [1.807, 2.05) is 13.8 Å².